The zero-order chi connectivity index (χ0) is 18.2. The third kappa shape index (κ3) is 4.89. The second kappa shape index (κ2) is 8.97. The fraction of sp³-hybridized carbons (Fsp3) is 0.300. The first-order valence-electron chi connectivity index (χ1n) is 8.35. The second-order valence-corrected chi connectivity index (χ2v) is 5.79. The summed E-state index contributed by atoms with van der Waals surface area (Å²) in [5.74, 6) is -0.832. The molecule has 25 heavy (non-hydrogen) atoms. The Labute approximate surface area is 147 Å². The molecule has 0 saturated carbocycles. The van der Waals surface area contributed by atoms with E-state index in [9.17, 15) is 14.0 Å². The summed E-state index contributed by atoms with van der Waals surface area (Å²) < 4.78 is 14.1. The summed E-state index contributed by atoms with van der Waals surface area (Å²) >= 11 is 0. The standard InChI is InChI=1S/C20H23FN2O2/c1-3-19(24)23(14-16-11-7-8-12-17(16)21)18(20(25)22-2)13-15-9-5-4-6-10-15/h4-12,18H,3,13-14H2,1-2H3,(H,22,25)/t18-/m1/s1. The predicted molar refractivity (Wildman–Crippen MR) is 95.2 cm³/mol. The molecule has 0 aliphatic carbocycles. The molecule has 2 amide bonds. The van der Waals surface area contributed by atoms with Crippen LogP contribution in [-0.4, -0.2) is 29.8 Å². The Morgan fingerprint density at radius 3 is 2.32 bits per heavy atom. The lowest BCUT2D eigenvalue weighted by molar-refractivity contribution is -0.140. The highest BCUT2D eigenvalue weighted by molar-refractivity contribution is 5.87. The van der Waals surface area contributed by atoms with Gasteiger partial charge in [-0.25, -0.2) is 4.39 Å². The predicted octanol–water partition coefficient (Wildman–Crippen LogP) is 2.92. The van der Waals surface area contributed by atoms with Crippen molar-refractivity contribution < 1.29 is 14.0 Å². The van der Waals surface area contributed by atoms with E-state index in [-0.39, 0.29) is 30.6 Å². The molecule has 1 N–H and O–H groups in total. The minimum Gasteiger partial charge on any atom is -0.357 e. The van der Waals surface area contributed by atoms with Gasteiger partial charge in [-0.15, -0.1) is 0 Å². The summed E-state index contributed by atoms with van der Waals surface area (Å²) in [7, 11) is 1.54. The van der Waals surface area contributed by atoms with E-state index in [0.717, 1.165) is 5.56 Å². The van der Waals surface area contributed by atoms with Crippen LogP contribution in [0.4, 0.5) is 4.39 Å². The van der Waals surface area contributed by atoms with Crippen molar-refractivity contribution in [1.29, 1.82) is 0 Å². The lowest BCUT2D eigenvalue weighted by Crippen LogP contribution is -2.49. The molecule has 0 spiro atoms. The topological polar surface area (TPSA) is 49.4 Å². The normalized spacial score (nSPS) is 11.6. The maximum atomic E-state index is 14.1. The van der Waals surface area contributed by atoms with E-state index in [0.29, 0.717) is 12.0 Å². The van der Waals surface area contributed by atoms with Crippen molar-refractivity contribution in [3.8, 4) is 0 Å². The van der Waals surface area contributed by atoms with Gasteiger partial charge in [0.15, 0.2) is 0 Å². The van der Waals surface area contributed by atoms with Gasteiger partial charge >= 0.3 is 0 Å². The van der Waals surface area contributed by atoms with Crippen LogP contribution >= 0.6 is 0 Å². The highest BCUT2D eigenvalue weighted by atomic mass is 19.1. The first-order chi connectivity index (χ1) is 12.1. The van der Waals surface area contributed by atoms with Crippen LogP contribution < -0.4 is 5.32 Å². The quantitative estimate of drug-likeness (QED) is 0.841. The number of hydrogen-bond acceptors (Lipinski definition) is 2. The smallest absolute Gasteiger partial charge is 0.242 e. The van der Waals surface area contributed by atoms with Crippen LogP contribution in [0.1, 0.15) is 24.5 Å². The van der Waals surface area contributed by atoms with Gasteiger partial charge < -0.3 is 10.2 Å². The minimum absolute atomic E-state index is 0.0598. The number of amides is 2. The van der Waals surface area contributed by atoms with Gasteiger partial charge in [-0.05, 0) is 11.6 Å². The van der Waals surface area contributed by atoms with Crippen LogP contribution in [0, 0.1) is 5.82 Å². The highest BCUT2D eigenvalue weighted by Crippen LogP contribution is 2.17. The number of nitrogens with one attached hydrogen (secondary N) is 1. The molecule has 5 heteroatoms. The fourth-order valence-electron chi connectivity index (χ4n) is 2.73. The second-order valence-electron chi connectivity index (χ2n) is 5.79. The molecule has 0 fully saturated rings. The van der Waals surface area contributed by atoms with Crippen LogP contribution in [0.3, 0.4) is 0 Å². The first-order valence-corrected chi connectivity index (χ1v) is 8.35. The monoisotopic (exact) mass is 342 g/mol. The number of hydrogen-bond donors (Lipinski definition) is 1. The number of nitrogens with zero attached hydrogens (tertiary/aromatic N) is 1. The lowest BCUT2D eigenvalue weighted by atomic mass is 10.0. The number of likely N-dealkylation sites (N-methyl/N-ethyl adjacent to an activating group) is 1. The molecule has 2 rings (SSSR count). The summed E-state index contributed by atoms with van der Waals surface area (Å²) in [5.41, 5.74) is 1.34. The minimum atomic E-state index is -0.695. The third-order valence-electron chi connectivity index (χ3n) is 4.12. The molecule has 0 aromatic heterocycles. The van der Waals surface area contributed by atoms with Gasteiger partial charge in [-0.1, -0.05) is 55.5 Å². The number of carbonyl (C=O) groups excluding carboxylic acids is 2. The van der Waals surface area contributed by atoms with Crippen molar-refractivity contribution in [2.75, 3.05) is 7.05 Å². The van der Waals surface area contributed by atoms with E-state index >= 15 is 0 Å². The zero-order valence-corrected chi connectivity index (χ0v) is 14.5. The van der Waals surface area contributed by atoms with Gasteiger partial charge in [-0.3, -0.25) is 9.59 Å². The molecular formula is C20H23FN2O2. The van der Waals surface area contributed by atoms with Crippen molar-refractivity contribution in [3.05, 3.63) is 71.5 Å². The van der Waals surface area contributed by atoms with Crippen LogP contribution in [0.25, 0.3) is 0 Å². The number of halogens is 1. The summed E-state index contributed by atoms with van der Waals surface area (Å²) in [6.45, 7) is 1.80. The van der Waals surface area contributed by atoms with E-state index < -0.39 is 6.04 Å². The molecule has 2 aromatic carbocycles. The fourth-order valence-corrected chi connectivity index (χ4v) is 2.73. The number of carbonyl (C=O) groups is 2. The molecule has 0 saturated heterocycles. The molecule has 132 valence electrons. The van der Waals surface area contributed by atoms with Gasteiger partial charge in [0, 0.05) is 32.0 Å². The Hall–Kier alpha value is -2.69. The number of rotatable bonds is 7. The van der Waals surface area contributed by atoms with Gasteiger partial charge in [-0.2, -0.15) is 0 Å². The Kier molecular flexibility index (Phi) is 6.69. The van der Waals surface area contributed by atoms with Crippen LogP contribution in [-0.2, 0) is 22.6 Å². The number of benzene rings is 2. The molecule has 0 heterocycles. The summed E-state index contributed by atoms with van der Waals surface area (Å²) in [6, 6.07) is 15.1. The molecule has 0 aliphatic heterocycles. The van der Waals surface area contributed by atoms with Gasteiger partial charge in [0.1, 0.15) is 11.9 Å². The van der Waals surface area contributed by atoms with Gasteiger partial charge in [0.2, 0.25) is 11.8 Å². The van der Waals surface area contributed by atoms with Crippen molar-refractivity contribution >= 4 is 11.8 Å². The lowest BCUT2D eigenvalue weighted by Gasteiger charge is -2.31. The van der Waals surface area contributed by atoms with Crippen molar-refractivity contribution in [1.82, 2.24) is 10.2 Å². The molecular weight excluding hydrogens is 319 g/mol. The molecule has 2 aromatic rings. The summed E-state index contributed by atoms with van der Waals surface area (Å²) in [6.07, 6.45) is 0.622. The van der Waals surface area contributed by atoms with Crippen molar-refractivity contribution in [2.24, 2.45) is 0 Å². The van der Waals surface area contributed by atoms with Crippen LogP contribution in [0.5, 0.6) is 0 Å². The van der Waals surface area contributed by atoms with E-state index in [1.54, 1.807) is 25.1 Å². The maximum Gasteiger partial charge on any atom is 0.242 e. The Bertz CT molecular complexity index is 719. The third-order valence-corrected chi connectivity index (χ3v) is 4.12. The van der Waals surface area contributed by atoms with Gasteiger partial charge in [0.05, 0.1) is 0 Å². The highest BCUT2D eigenvalue weighted by Gasteiger charge is 2.29. The molecule has 0 unspecified atom stereocenters. The van der Waals surface area contributed by atoms with E-state index in [4.69, 9.17) is 0 Å². The first kappa shape index (κ1) is 18.6. The van der Waals surface area contributed by atoms with Crippen molar-refractivity contribution in [2.45, 2.75) is 32.4 Å². The Morgan fingerprint density at radius 2 is 1.72 bits per heavy atom. The van der Waals surface area contributed by atoms with E-state index in [1.165, 1.54) is 18.0 Å². The Morgan fingerprint density at radius 1 is 1.08 bits per heavy atom. The summed E-state index contributed by atoms with van der Waals surface area (Å²) in [5, 5.41) is 2.62. The summed E-state index contributed by atoms with van der Waals surface area (Å²) in [4.78, 5) is 26.4. The van der Waals surface area contributed by atoms with Crippen LogP contribution in [0.15, 0.2) is 54.6 Å². The molecule has 0 radical (unpaired) electrons. The SMILES string of the molecule is CCC(=O)N(Cc1ccccc1F)[C@H](Cc1ccccc1)C(=O)NC. The van der Waals surface area contributed by atoms with Crippen molar-refractivity contribution in [3.63, 3.8) is 0 Å². The zero-order valence-electron chi connectivity index (χ0n) is 14.5. The molecule has 1 atom stereocenters. The van der Waals surface area contributed by atoms with E-state index in [1.807, 2.05) is 30.3 Å². The average Bonchev–Trinajstić information content (AvgIpc) is 2.65. The van der Waals surface area contributed by atoms with Gasteiger partial charge in [0.25, 0.3) is 0 Å². The molecule has 4 nitrogen and oxygen atoms in total. The van der Waals surface area contributed by atoms with E-state index in [2.05, 4.69) is 5.32 Å². The average molecular weight is 342 g/mol. The maximum absolute atomic E-state index is 14.1. The molecule has 0 bridgehead atoms. The largest absolute Gasteiger partial charge is 0.357 e. The molecule has 0 aliphatic rings. The van der Waals surface area contributed by atoms with Crippen LogP contribution in [0.2, 0.25) is 0 Å². The Balaban J connectivity index is 2.34.